The number of carbonyl (C=O) groups excluding carboxylic acids is 3. The Hall–Kier alpha value is -3.00. The van der Waals surface area contributed by atoms with Gasteiger partial charge in [0.2, 0.25) is 11.8 Å². The predicted molar refractivity (Wildman–Crippen MR) is 115 cm³/mol. The van der Waals surface area contributed by atoms with Crippen LogP contribution in [-0.4, -0.2) is 47.2 Å². The summed E-state index contributed by atoms with van der Waals surface area (Å²) in [5, 5.41) is 6.00. The molecule has 31 heavy (non-hydrogen) atoms. The molecule has 1 aliphatic rings. The topological polar surface area (TPSA) is 91.4 Å². The van der Waals surface area contributed by atoms with Crippen LogP contribution in [0.2, 0.25) is 5.02 Å². The monoisotopic (exact) mass is 446 g/mol. The van der Waals surface area contributed by atoms with Gasteiger partial charge in [-0.1, -0.05) is 11.6 Å². The minimum Gasteiger partial charge on any atom is -0.352 e. The zero-order chi connectivity index (χ0) is 22.2. The molecule has 0 atom stereocenters. The molecule has 3 amide bonds. The van der Waals surface area contributed by atoms with Gasteiger partial charge in [-0.15, -0.1) is 0 Å². The molecule has 0 bridgehead atoms. The predicted octanol–water partition coefficient (Wildman–Crippen LogP) is 3.26. The standard InChI is InChI=1S/C22H24ClFN4O3/c23-17-5-8-19(26-14-17)27-22(31)16-9-12-28(13-10-16)20(29)2-1-11-25-21(30)15-3-6-18(24)7-4-15/h3-8,14,16H,1-2,9-13H2,(H,25,30)(H,26,27,31). The number of rotatable bonds is 7. The summed E-state index contributed by atoms with van der Waals surface area (Å²) in [5.41, 5.74) is 0.377. The van der Waals surface area contributed by atoms with Gasteiger partial charge in [0.05, 0.1) is 5.02 Å². The second-order valence-corrected chi connectivity index (χ2v) is 7.81. The second kappa shape index (κ2) is 10.9. The van der Waals surface area contributed by atoms with Gasteiger partial charge in [-0.25, -0.2) is 9.37 Å². The van der Waals surface area contributed by atoms with Crippen molar-refractivity contribution < 1.29 is 18.8 Å². The molecular weight excluding hydrogens is 423 g/mol. The van der Waals surface area contributed by atoms with E-state index in [2.05, 4.69) is 15.6 Å². The SMILES string of the molecule is O=C(NCCCC(=O)N1CCC(C(=O)Nc2ccc(Cl)cn2)CC1)c1ccc(F)cc1. The maximum atomic E-state index is 12.9. The quantitative estimate of drug-likeness (QED) is 0.638. The number of nitrogens with zero attached hydrogens (tertiary/aromatic N) is 2. The van der Waals surface area contributed by atoms with Gasteiger partial charge in [0.25, 0.3) is 5.91 Å². The maximum absolute atomic E-state index is 12.9. The van der Waals surface area contributed by atoms with Crippen molar-refractivity contribution in [2.45, 2.75) is 25.7 Å². The van der Waals surface area contributed by atoms with Crippen LogP contribution in [0.1, 0.15) is 36.0 Å². The zero-order valence-electron chi connectivity index (χ0n) is 16.9. The van der Waals surface area contributed by atoms with E-state index in [0.717, 1.165) is 0 Å². The minimum atomic E-state index is -0.398. The van der Waals surface area contributed by atoms with Crippen LogP contribution in [0.3, 0.4) is 0 Å². The van der Waals surface area contributed by atoms with E-state index in [0.29, 0.717) is 61.7 Å². The van der Waals surface area contributed by atoms with Crippen molar-refractivity contribution in [1.82, 2.24) is 15.2 Å². The third-order valence-corrected chi connectivity index (χ3v) is 5.38. The summed E-state index contributed by atoms with van der Waals surface area (Å²) >= 11 is 5.79. The third-order valence-electron chi connectivity index (χ3n) is 5.16. The lowest BCUT2D eigenvalue weighted by atomic mass is 9.95. The van der Waals surface area contributed by atoms with E-state index in [9.17, 15) is 18.8 Å². The Balaban J connectivity index is 1.34. The molecule has 1 saturated heterocycles. The number of nitrogens with one attached hydrogen (secondary N) is 2. The number of halogens is 2. The molecule has 2 heterocycles. The molecule has 7 nitrogen and oxygen atoms in total. The van der Waals surface area contributed by atoms with E-state index >= 15 is 0 Å². The summed E-state index contributed by atoms with van der Waals surface area (Å²) < 4.78 is 12.9. The van der Waals surface area contributed by atoms with Crippen molar-refractivity contribution in [2.24, 2.45) is 5.92 Å². The van der Waals surface area contributed by atoms with Crippen LogP contribution < -0.4 is 10.6 Å². The molecule has 3 rings (SSSR count). The van der Waals surface area contributed by atoms with Crippen LogP contribution in [0.15, 0.2) is 42.6 Å². The first-order chi connectivity index (χ1) is 14.9. The van der Waals surface area contributed by atoms with E-state index in [1.54, 1.807) is 17.0 Å². The number of benzene rings is 1. The number of aromatic nitrogens is 1. The highest BCUT2D eigenvalue weighted by Gasteiger charge is 2.27. The molecule has 9 heteroatoms. The second-order valence-electron chi connectivity index (χ2n) is 7.37. The highest BCUT2D eigenvalue weighted by Crippen LogP contribution is 2.20. The van der Waals surface area contributed by atoms with E-state index in [1.165, 1.54) is 30.5 Å². The molecule has 1 aromatic heterocycles. The van der Waals surface area contributed by atoms with Crippen molar-refractivity contribution in [3.8, 4) is 0 Å². The van der Waals surface area contributed by atoms with Gasteiger partial charge in [-0.05, 0) is 55.7 Å². The van der Waals surface area contributed by atoms with E-state index in [4.69, 9.17) is 11.6 Å². The Morgan fingerprint density at radius 2 is 1.81 bits per heavy atom. The van der Waals surface area contributed by atoms with Gasteiger partial charge in [-0.2, -0.15) is 0 Å². The summed E-state index contributed by atoms with van der Waals surface area (Å²) in [7, 11) is 0. The lowest BCUT2D eigenvalue weighted by molar-refractivity contribution is -0.134. The fraction of sp³-hybridized carbons (Fsp3) is 0.364. The molecule has 1 fully saturated rings. The van der Waals surface area contributed by atoms with Crippen molar-refractivity contribution in [3.05, 3.63) is 59.0 Å². The summed E-state index contributed by atoms with van der Waals surface area (Å²) in [5.74, 6) is -0.508. The highest BCUT2D eigenvalue weighted by molar-refractivity contribution is 6.30. The Bertz CT molecular complexity index is 913. The number of likely N-dealkylation sites (tertiary alicyclic amines) is 1. The first-order valence-electron chi connectivity index (χ1n) is 10.2. The van der Waals surface area contributed by atoms with Crippen LogP contribution >= 0.6 is 11.6 Å². The molecule has 1 aliphatic heterocycles. The normalized spacial score (nSPS) is 14.2. The van der Waals surface area contributed by atoms with Crippen LogP contribution in [0.25, 0.3) is 0 Å². The smallest absolute Gasteiger partial charge is 0.251 e. The molecule has 0 spiro atoms. The molecule has 1 aromatic carbocycles. The number of anilines is 1. The first kappa shape index (κ1) is 22.7. The van der Waals surface area contributed by atoms with Gasteiger partial charge in [0.15, 0.2) is 0 Å². The molecule has 0 unspecified atom stereocenters. The first-order valence-corrected chi connectivity index (χ1v) is 10.5. The van der Waals surface area contributed by atoms with Gasteiger partial charge in [0, 0.05) is 43.7 Å². The van der Waals surface area contributed by atoms with Gasteiger partial charge >= 0.3 is 0 Å². The van der Waals surface area contributed by atoms with Crippen LogP contribution in [0.4, 0.5) is 10.2 Å². The molecule has 2 N–H and O–H groups in total. The van der Waals surface area contributed by atoms with Crippen molar-refractivity contribution in [1.29, 1.82) is 0 Å². The Labute approximate surface area is 185 Å². The Morgan fingerprint density at radius 3 is 2.45 bits per heavy atom. The summed E-state index contributed by atoms with van der Waals surface area (Å²) in [4.78, 5) is 42.6. The summed E-state index contributed by atoms with van der Waals surface area (Å²) in [6.07, 6.45) is 3.48. The van der Waals surface area contributed by atoms with Crippen molar-refractivity contribution >= 4 is 35.1 Å². The molecule has 0 aliphatic carbocycles. The van der Waals surface area contributed by atoms with Gasteiger partial charge in [0.1, 0.15) is 11.6 Å². The molecule has 164 valence electrons. The van der Waals surface area contributed by atoms with Gasteiger partial charge in [-0.3, -0.25) is 14.4 Å². The van der Waals surface area contributed by atoms with E-state index in [1.807, 2.05) is 0 Å². The summed E-state index contributed by atoms with van der Waals surface area (Å²) in [6.45, 7) is 1.40. The largest absolute Gasteiger partial charge is 0.352 e. The number of carbonyl (C=O) groups is 3. The number of pyridine rings is 1. The average Bonchev–Trinajstić information content (AvgIpc) is 2.78. The van der Waals surface area contributed by atoms with E-state index < -0.39 is 5.82 Å². The molecule has 2 aromatic rings. The fourth-order valence-corrected chi connectivity index (χ4v) is 3.48. The lowest BCUT2D eigenvalue weighted by Crippen LogP contribution is -2.41. The Kier molecular flexibility index (Phi) is 7.94. The average molecular weight is 447 g/mol. The molecule has 0 saturated carbocycles. The molecular formula is C22H24ClFN4O3. The summed E-state index contributed by atoms with van der Waals surface area (Å²) in [6, 6.07) is 8.60. The number of piperidine rings is 1. The highest BCUT2D eigenvalue weighted by atomic mass is 35.5. The Morgan fingerprint density at radius 1 is 1.10 bits per heavy atom. The van der Waals surface area contributed by atoms with Crippen LogP contribution in [-0.2, 0) is 9.59 Å². The lowest BCUT2D eigenvalue weighted by Gasteiger charge is -2.31. The van der Waals surface area contributed by atoms with Crippen molar-refractivity contribution in [3.63, 3.8) is 0 Å². The minimum absolute atomic E-state index is 0.00857. The van der Waals surface area contributed by atoms with Gasteiger partial charge < -0.3 is 15.5 Å². The van der Waals surface area contributed by atoms with Crippen molar-refractivity contribution in [2.75, 3.05) is 25.0 Å². The number of hydrogen-bond acceptors (Lipinski definition) is 4. The van der Waals surface area contributed by atoms with Crippen LogP contribution in [0.5, 0.6) is 0 Å². The maximum Gasteiger partial charge on any atom is 0.251 e. The van der Waals surface area contributed by atoms with E-state index in [-0.39, 0.29) is 23.6 Å². The fourth-order valence-electron chi connectivity index (χ4n) is 3.37. The van der Waals surface area contributed by atoms with Crippen LogP contribution in [0, 0.1) is 11.7 Å². The number of hydrogen-bond donors (Lipinski definition) is 2. The zero-order valence-corrected chi connectivity index (χ0v) is 17.7. The number of amides is 3. The molecule has 0 radical (unpaired) electrons. The third kappa shape index (κ3) is 6.75.